The number of hydrogen-bond acceptors (Lipinski definition) is 6. The Kier molecular flexibility index (Phi) is 5.01. The van der Waals surface area contributed by atoms with Gasteiger partial charge in [0.2, 0.25) is 5.88 Å². The lowest BCUT2D eigenvalue weighted by molar-refractivity contribution is 0.263. The van der Waals surface area contributed by atoms with E-state index in [0.29, 0.717) is 30.6 Å². The molecule has 5 nitrogen and oxygen atoms in total. The Morgan fingerprint density at radius 3 is 2.71 bits per heavy atom. The molecule has 0 saturated heterocycles. The number of rotatable bonds is 6. The summed E-state index contributed by atoms with van der Waals surface area (Å²) in [5.74, 6) is 1.77. The van der Waals surface area contributed by atoms with E-state index >= 15 is 0 Å². The second-order valence-corrected chi connectivity index (χ2v) is 6.54. The molecule has 2 rings (SSSR count). The van der Waals surface area contributed by atoms with E-state index in [9.17, 15) is 0 Å². The Morgan fingerprint density at radius 1 is 1.33 bits per heavy atom. The van der Waals surface area contributed by atoms with E-state index in [1.807, 2.05) is 31.0 Å². The van der Waals surface area contributed by atoms with Crippen molar-refractivity contribution in [2.45, 2.75) is 27.3 Å². The lowest BCUT2D eigenvalue weighted by Gasteiger charge is -2.18. The van der Waals surface area contributed by atoms with Crippen molar-refractivity contribution in [1.29, 1.82) is 0 Å². The van der Waals surface area contributed by atoms with Gasteiger partial charge in [0.15, 0.2) is 0 Å². The number of aromatic nitrogens is 2. The number of nitrogens with zero attached hydrogens (tertiary/aromatic N) is 3. The molecular weight excluding hydrogens is 284 g/mol. The standard InChI is InChI=1S/C15H22N4OS/c1-10(2)8-20-15-13(16)5-6-14(18-15)19(4)7-12-9-21-11(3)17-12/h5-6,9-10H,7-8,16H2,1-4H3. The molecule has 0 fully saturated rings. The predicted octanol–water partition coefficient (Wildman–Crippen LogP) is 3.10. The van der Waals surface area contributed by atoms with Crippen LogP contribution in [-0.2, 0) is 6.54 Å². The summed E-state index contributed by atoms with van der Waals surface area (Å²) in [6.45, 7) is 7.52. The van der Waals surface area contributed by atoms with Crippen molar-refractivity contribution in [1.82, 2.24) is 9.97 Å². The molecule has 2 aromatic rings. The molecule has 21 heavy (non-hydrogen) atoms. The molecule has 0 radical (unpaired) electrons. The van der Waals surface area contributed by atoms with Crippen molar-refractivity contribution >= 4 is 22.8 Å². The molecule has 0 spiro atoms. The highest BCUT2D eigenvalue weighted by molar-refractivity contribution is 7.09. The summed E-state index contributed by atoms with van der Waals surface area (Å²) in [5, 5.41) is 3.14. The first-order chi connectivity index (χ1) is 9.95. The topological polar surface area (TPSA) is 64.3 Å². The van der Waals surface area contributed by atoms with E-state index < -0.39 is 0 Å². The lowest BCUT2D eigenvalue weighted by atomic mass is 10.2. The maximum atomic E-state index is 5.92. The summed E-state index contributed by atoms with van der Waals surface area (Å²) in [6.07, 6.45) is 0. The van der Waals surface area contributed by atoms with E-state index in [4.69, 9.17) is 10.5 Å². The van der Waals surface area contributed by atoms with Gasteiger partial charge in [-0.3, -0.25) is 0 Å². The maximum absolute atomic E-state index is 5.92. The largest absolute Gasteiger partial charge is 0.476 e. The first kappa shape index (κ1) is 15.6. The molecule has 2 heterocycles. The Bertz CT molecular complexity index is 597. The van der Waals surface area contributed by atoms with Gasteiger partial charge in [-0.1, -0.05) is 13.8 Å². The Balaban J connectivity index is 2.09. The molecule has 0 saturated carbocycles. The van der Waals surface area contributed by atoms with Crippen LogP contribution in [-0.4, -0.2) is 23.6 Å². The van der Waals surface area contributed by atoms with Gasteiger partial charge in [0.25, 0.3) is 0 Å². The van der Waals surface area contributed by atoms with E-state index in [1.54, 1.807) is 11.3 Å². The fourth-order valence-electron chi connectivity index (χ4n) is 1.82. The molecule has 0 atom stereocenters. The first-order valence-corrected chi connectivity index (χ1v) is 7.85. The van der Waals surface area contributed by atoms with Crippen LogP contribution in [0.15, 0.2) is 17.5 Å². The van der Waals surface area contributed by atoms with Crippen LogP contribution in [0.3, 0.4) is 0 Å². The third kappa shape index (κ3) is 4.32. The van der Waals surface area contributed by atoms with Gasteiger partial charge in [-0.05, 0) is 25.0 Å². The van der Waals surface area contributed by atoms with Gasteiger partial charge in [-0.15, -0.1) is 11.3 Å². The molecule has 2 aromatic heterocycles. The van der Waals surface area contributed by atoms with Crippen LogP contribution >= 0.6 is 11.3 Å². The molecule has 0 aromatic carbocycles. The van der Waals surface area contributed by atoms with Crippen LogP contribution < -0.4 is 15.4 Å². The van der Waals surface area contributed by atoms with Gasteiger partial charge in [0, 0.05) is 12.4 Å². The van der Waals surface area contributed by atoms with Crippen LogP contribution in [0.4, 0.5) is 11.5 Å². The molecule has 6 heteroatoms. The second kappa shape index (κ2) is 6.76. The Labute approximate surface area is 129 Å². The maximum Gasteiger partial charge on any atom is 0.239 e. The third-order valence-corrected chi connectivity index (χ3v) is 3.71. The highest BCUT2D eigenvalue weighted by Crippen LogP contribution is 2.24. The van der Waals surface area contributed by atoms with Crippen molar-refractivity contribution in [3.05, 3.63) is 28.2 Å². The van der Waals surface area contributed by atoms with Crippen LogP contribution in [0, 0.1) is 12.8 Å². The minimum absolute atomic E-state index is 0.436. The number of pyridine rings is 1. The van der Waals surface area contributed by atoms with Gasteiger partial charge in [0.05, 0.1) is 29.5 Å². The predicted molar refractivity (Wildman–Crippen MR) is 87.9 cm³/mol. The first-order valence-electron chi connectivity index (χ1n) is 6.97. The van der Waals surface area contributed by atoms with E-state index in [1.165, 1.54) is 0 Å². The van der Waals surface area contributed by atoms with Crippen LogP contribution in [0.5, 0.6) is 5.88 Å². The normalized spacial score (nSPS) is 10.9. The molecule has 0 aliphatic carbocycles. The highest BCUT2D eigenvalue weighted by Gasteiger charge is 2.10. The molecule has 0 aliphatic rings. The quantitative estimate of drug-likeness (QED) is 0.888. The zero-order valence-corrected chi connectivity index (χ0v) is 13.8. The van der Waals surface area contributed by atoms with Crippen LogP contribution in [0.1, 0.15) is 24.5 Å². The molecule has 114 valence electrons. The minimum atomic E-state index is 0.436. The van der Waals surface area contributed by atoms with Crippen molar-refractivity contribution in [3.8, 4) is 5.88 Å². The van der Waals surface area contributed by atoms with Crippen LogP contribution in [0.2, 0.25) is 0 Å². The molecule has 0 unspecified atom stereocenters. The Hall–Kier alpha value is -1.82. The average Bonchev–Trinajstić information content (AvgIpc) is 2.83. The number of thiazole rings is 1. The van der Waals surface area contributed by atoms with Gasteiger partial charge in [-0.25, -0.2) is 4.98 Å². The molecular formula is C15H22N4OS. The highest BCUT2D eigenvalue weighted by atomic mass is 32.1. The second-order valence-electron chi connectivity index (χ2n) is 5.48. The zero-order valence-electron chi connectivity index (χ0n) is 13.0. The summed E-state index contributed by atoms with van der Waals surface area (Å²) >= 11 is 1.66. The lowest BCUT2D eigenvalue weighted by Crippen LogP contribution is -2.18. The van der Waals surface area contributed by atoms with E-state index in [-0.39, 0.29) is 0 Å². The SMILES string of the molecule is Cc1nc(CN(C)c2ccc(N)c(OCC(C)C)n2)cs1. The van der Waals surface area contributed by atoms with Crippen molar-refractivity contribution in [3.63, 3.8) is 0 Å². The minimum Gasteiger partial charge on any atom is -0.476 e. The van der Waals surface area contributed by atoms with E-state index in [2.05, 4.69) is 29.2 Å². The molecule has 0 amide bonds. The summed E-state index contributed by atoms with van der Waals surface area (Å²) in [4.78, 5) is 11.0. The number of aryl methyl sites for hydroxylation is 1. The number of ether oxygens (including phenoxy) is 1. The zero-order chi connectivity index (χ0) is 15.4. The van der Waals surface area contributed by atoms with Gasteiger partial charge < -0.3 is 15.4 Å². The molecule has 0 aliphatic heterocycles. The van der Waals surface area contributed by atoms with Gasteiger partial charge >= 0.3 is 0 Å². The smallest absolute Gasteiger partial charge is 0.239 e. The monoisotopic (exact) mass is 306 g/mol. The van der Waals surface area contributed by atoms with Gasteiger partial charge in [-0.2, -0.15) is 4.98 Å². The Morgan fingerprint density at radius 2 is 2.10 bits per heavy atom. The average molecular weight is 306 g/mol. The summed E-state index contributed by atoms with van der Waals surface area (Å²) in [6, 6.07) is 3.73. The van der Waals surface area contributed by atoms with Gasteiger partial charge in [0.1, 0.15) is 5.82 Å². The third-order valence-electron chi connectivity index (χ3n) is 2.89. The fraction of sp³-hybridized carbons (Fsp3) is 0.467. The van der Waals surface area contributed by atoms with E-state index in [0.717, 1.165) is 16.5 Å². The fourth-order valence-corrected chi connectivity index (χ4v) is 2.42. The number of nitrogen functional groups attached to an aromatic ring is 1. The molecule has 2 N–H and O–H groups in total. The molecule has 0 bridgehead atoms. The van der Waals surface area contributed by atoms with Crippen LogP contribution in [0.25, 0.3) is 0 Å². The van der Waals surface area contributed by atoms with Crippen molar-refractivity contribution in [2.75, 3.05) is 24.3 Å². The summed E-state index contributed by atoms with van der Waals surface area (Å²) in [7, 11) is 1.99. The summed E-state index contributed by atoms with van der Waals surface area (Å²) < 4.78 is 5.67. The number of nitrogens with two attached hydrogens (primary N) is 1. The number of hydrogen-bond donors (Lipinski definition) is 1. The summed E-state index contributed by atoms with van der Waals surface area (Å²) in [5.41, 5.74) is 7.53. The van der Waals surface area contributed by atoms with Crippen molar-refractivity contribution in [2.24, 2.45) is 5.92 Å². The van der Waals surface area contributed by atoms with Crippen molar-refractivity contribution < 1.29 is 4.74 Å². The number of anilines is 2.